The highest BCUT2D eigenvalue weighted by molar-refractivity contribution is 5.75. The van der Waals surface area contributed by atoms with E-state index < -0.39 is 0 Å². The number of carbonyl (C=O) groups excluding carboxylic acids is 1. The van der Waals surface area contributed by atoms with E-state index in [0.717, 1.165) is 0 Å². The van der Waals surface area contributed by atoms with Crippen LogP contribution in [0.4, 0.5) is 4.39 Å². The third kappa shape index (κ3) is 4.08. The Morgan fingerprint density at radius 1 is 1.47 bits per heavy atom. The average molecular weight is 211 g/mol. The smallest absolute Gasteiger partial charge is 0.222 e. The van der Waals surface area contributed by atoms with Crippen LogP contribution in [0.2, 0.25) is 0 Å². The maximum absolute atomic E-state index is 13.1. The topological polar surface area (TPSA) is 38.3 Å². The Bertz CT molecular complexity index is 328. The minimum Gasteiger partial charge on any atom is -0.384 e. The van der Waals surface area contributed by atoms with E-state index in [1.165, 1.54) is 13.2 Å². The van der Waals surface area contributed by atoms with Gasteiger partial charge in [-0.05, 0) is 6.07 Å². The predicted octanol–water partition coefficient (Wildman–Crippen LogP) is 1.48. The third-order valence-corrected chi connectivity index (χ3v) is 1.97. The molecule has 4 heteroatoms. The number of hydrogen-bond donors (Lipinski definition) is 1. The number of methoxy groups -OCH3 is 1. The van der Waals surface area contributed by atoms with Crippen LogP contribution in [-0.4, -0.2) is 19.6 Å². The first-order chi connectivity index (χ1) is 7.24. The highest BCUT2D eigenvalue weighted by Gasteiger charge is 2.03. The molecule has 1 aromatic rings. The molecule has 0 spiro atoms. The van der Waals surface area contributed by atoms with E-state index in [9.17, 15) is 9.18 Å². The van der Waals surface area contributed by atoms with Crippen molar-refractivity contribution in [3.8, 4) is 0 Å². The molecule has 0 atom stereocenters. The van der Waals surface area contributed by atoms with Crippen LogP contribution in [0, 0.1) is 5.82 Å². The van der Waals surface area contributed by atoms with Crippen molar-refractivity contribution in [3.63, 3.8) is 0 Å². The van der Waals surface area contributed by atoms with Gasteiger partial charge in [0.15, 0.2) is 0 Å². The number of amides is 1. The van der Waals surface area contributed by atoms with Crippen LogP contribution in [0.5, 0.6) is 0 Å². The molecule has 82 valence electrons. The van der Waals surface area contributed by atoms with Crippen LogP contribution < -0.4 is 5.32 Å². The molecule has 1 rings (SSSR count). The van der Waals surface area contributed by atoms with Crippen molar-refractivity contribution >= 4 is 5.91 Å². The quantitative estimate of drug-likeness (QED) is 0.801. The molecule has 0 unspecified atom stereocenters. The zero-order valence-corrected chi connectivity index (χ0v) is 8.63. The zero-order chi connectivity index (χ0) is 11.1. The fourth-order valence-electron chi connectivity index (χ4n) is 1.12. The molecule has 15 heavy (non-hydrogen) atoms. The SMILES string of the molecule is COCCC(=O)NCc1ccccc1F. The molecule has 0 bridgehead atoms. The highest BCUT2D eigenvalue weighted by atomic mass is 19.1. The Hall–Kier alpha value is -1.42. The monoisotopic (exact) mass is 211 g/mol. The van der Waals surface area contributed by atoms with Gasteiger partial charge in [-0.3, -0.25) is 4.79 Å². The molecule has 0 saturated carbocycles. The number of benzene rings is 1. The fraction of sp³-hybridized carbons (Fsp3) is 0.364. The van der Waals surface area contributed by atoms with Gasteiger partial charge in [-0.25, -0.2) is 4.39 Å². The maximum atomic E-state index is 13.1. The molecule has 3 nitrogen and oxygen atoms in total. The van der Waals surface area contributed by atoms with Gasteiger partial charge >= 0.3 is 0 Å². The van der Waals surface area contributed by atoms with E-state index in [1.807, 2.05) is 0 Å². The standard InChI is InChI=1S/C11H14FNO2/c1-15-7-6-11(14)13-8-9-4-2-3-5-10(9)12/h2-5H,6-8H2,1H3,(H,13,14). The highest BCUT2D eigenvalue weighted by Crippen LogP contribution is 2.05. The number of hydrogen-bond acceptors (Lipinski definition) is 2. The number of nitrogens with one attached hydrogen (secondary N) is 1. The van der Waals surface area contributed by atoms with Crippen LogP contribution >= 0.6 is 0 Å². The van der Waals surface area contributed by atoms with Gasteiger partial charge in [0.25, 0.3) is 0 Å². The van der Waals surface area contributed by atoms with E-state index in [0.29, 0.717) is 18.6 Å². The normalized spacial score (nSPS) is 10.0. The molecule has 0 radical (unpaired) electrons. The molecular formula is C11H14FNO2. The number of halogens is 1. The molecule has 0 aliphatic rings. The van der Waals surface area contributed by atoms with Gasteiger partial charge in [-0.2, -0.15) is 0 Å². The summed E-state index contributed by atoms with van der Waals surface area (Å²) in [5.74, 6) is -0.440. The molecular weight excluding hydrogens is 197 g/mol. The lowest BCUT2D eigenvalue weighted by atomic mass is 10.2. The Morgan fingerprint density at radius 3 is 2.87 bits per heavy atom. The van der Waals surface area contributed by atoms with Crippen LogP contribution in [-0.2, 0) is 16.1 Å². The van der Waals surface area contributed by atoms with Crippen molar-refractivity contribution in [1.82, 2.24) is 5.32 Å². The van der Waals surface area contributed by atoms with Crippen LogP contribution in [0.3, 0.4) is 0 Å². The lowest BCUT2D eigenvalue weighted by Gasteiger charge is -2.05. The van der Waals surface area contributed by atoms with Crippen LogP contribution in [0.15, 0.2) is 24.3 Å². The number of carbonyl (C=O) groups is 1. The summed E-state index contributed by atoms with van der Waals surface area (Å²) in [4.78, 5) is 11.2. The van der Waals surface area contributed by atoms with Crippen LogP contribution in [0.25, 0.3) is 0 Å². The second kappa shape index (κ2) is 6.14. The first-order valence-electron chi connectivity index (χ1n) is 4.73. The van der Waals surface area contributed by atoms with Crippen molar-refractivity contribution in [3.05, 3.63) is 35.6 Å². The van der Waals surface area contributed by atoms with E-state index in [1.54, 1.807) is 18.2 Å². The molecule has 0 fully saturated rings. The number of rotatable bonds is 5. The first-order valence-corrected chi connectivity index (χ1v) is 4.73. The maximum Gasteiger partial charge on any atom is 0.222 e. The minimum atomic E-state index is -0.301. The number of ether oxygens (including phenoxy) is 1. The predicted molar refractivity (Wildman–Crippen MR) is 54.7 cm³/mol. The summed E-state index contributed by atoms with van der Waals surface area (Å²) in [6, 6.07) is 6.37. The Kier molecular flexibility index (Phi) is 4.77. The fourth-order valence-corrected chi connectivity index (χ4v) is 1.12. The van der Waals surface area contributed by atoms with E-state index in [-0.39, 0.29) is 18.3 Å². The summed E-state index contributed by atoms with van der Waals surface area (Å²) in [6.07, 6.45) is 0.297. The summed E-state index contributed by atoms with van der Waals surface area (Å²) >= 11 is 0. The molecule has 1 aromatic carbocycles. The molecule has 0 saturated heterocycles. The van der Waals surface area contributed by atoms with Crippen molar-refractivity contribution in [2.75, 3.05) is 13.7 Å². The summed E-state index contributed by atoms with van der Waals surface area (Å²) < 4.78 is 17.9. The largest absolute Gasteiger partial charge is 0.384 e. The molecule has 0 aliphatic carbocycles. The molecule has 1 amide bonds. The Labute approximate surface area is 88.2 Å². The van der Waals surface area contributed by atoms with Crippen molar-refractivity contribution in [1.29, 1.82) is 0 Å². The average Bonchev–Trinajstić information content (AvgIpc) is 2.25. The van der Waals surface area contributed by atoms with Crippen LogP contribution in [0.1, 0.15) is 12.0 Å². The second-order valence-corrected chi connectivity index (χ2v) is 3.11. The van der Waals surface area contributed by atoms with Gasteiger partial charge in [0.05, 0.1) is 6.61 Å². The molecule has 0 heterocycles. The molecule has 0 aromatic heterocycles. The summed E-state index contributed by atoms with van der Waals surface area (Å²) in [5.41, 5.74) is 0.489. The zero-order valence-electron chi connectivity index (χ0n) is 8.63. The van der Waals surface area contributed by atoms with Crippen molar-refractivity contribution in [2.24, 2.45) is 0 Å². The van der Waals surface area contributed by atoms with E-state index in [4.69, 9.17) is 4.74 Å². The summed E-state index contributed by atoms with van der Waals surface area (Å²) in [7, 11) is 1.53. The Balaban J connectivity index is 2.37. The molecule has 0 aliphatic heterocycles. The minimum absolute atomic E-state index is 0.139. The second-order valence-electron chi connectivity index (χ2n) is 3.11. The summed E-state index contributed by atoms with van der Waals surface area (Å²) in [6.45, 7) is 0.596. The van der Waals surface area contributed by atoms with Gasteiger partial charge < -0.3 is 10.1 Å². The Morgan fingerprint density at radius 2 is 2.20 bits per heavy atom. The van der Waals surface area contributed by atoms with Gasteiger partial charge in [0.2, 0.25) is 5.91 Å². The molecule has 1 N–H and O–H groups in total. The first kappa shape index (κ1) is 11.7. The summed E-state index contributed by atoms with van der Waals surface area (Å²) in [5, 5.41) is 2.62. The van der Waals surface area contributed by atoms with Gasteiger partial charge in [0.1, 0.15) is 5.82 Å². The lowest BCUT2D eigenvalue weighted by molar-refractivity contribution is -0.122. The van der Waals surface area contributed by atoms with Crippen molar-refractivity contribution < 1.29 is 13.9 Å². The van der Waals surface area contributed by atoms with E-state index >= 15 is 0 Å². The van der Waals surface area contributed by atoms with Crippen molar-refractivity contribution in [2.45, 2.75) is 13.0 Å². The third-order valence-electron chi connectivity index (χ3n) is 1.97. The van der Waals surface area contributed by atoms with Gasteiger partial charge in [-0.15, -0.1) is 0 Å². The van der Waals surface area contributed by atoms with Gasteiger partial charge in [-0.1, -0.05) is 18.2 Å². The van der Waals surface area contributed by atoms with Gasteiger partial charge in [0, 0.05) is 25.6 Å². The van der Waals surface area contributed by atoms with E-state index in [2.05, 4.69) is 5.32 Å². The lowest BCUT2D eigenvalue weighted by Crippen LogP contribution is -2.24.